The highest BCUT2D eigenvalue weighted by molar-refractivity contribution is 5.84. The van der Waals surface area contributed by atoms with E-state index in [1.807, 2.05) is 12.1 Å². The number of rotatable bonds is 12. The first-order valence-electron chi connectivity index (χ1n) is 12.4. The number of nitrogens with zero attached hydrogens (tertiary/aromatic N) is 2. The van der Waals surface area contributed by atoms with Gasteiger partial charge in [-0.2, -0.15) is 8.78 Å². The topological polar surface area (TPSA) is 44.2 Å². The van der Waals surface area contributed by atoms with Gasteiger partial charge >= 0.3 is 6.61 Å². The van der Waals surface area contributed by atoms with Crippen LogP contribution in [-0.2, 0) is 25.7 Å². The number of hydrogen-bond donors (Lipinski definition) is 0. The normalized spacial score (nSPS) is 11.3. The molecule has 4 rings (SSSR count). The summed E-state index contributed by atoms with van der Waals surface area (Å²) in [6.07, 6.45) is 6.95. The molecule has 200 valence electrons. The van der Waals surface area contributed by atoms with E-state index in [0.717, 1.165) is 35.9 Å². The Labute approximate surface area is 217 Å². The zero-order valence-electron chi connectivity index (χ0n) is 20.8. The molecule has 0 bridgehead atoms. The predicted octanol–water partition coefficient (Wildman–Crippen LogP) is 7.40. The van der Waals surface area contributed by atoms with Crippen LogP contribution >= 0.6 is 0 Å². The number of hydrogen-bond acceptors (Lipinski definition) is 4. The van der Waals surface area contributed by atoms with Crippen LogP contribution in [0.1, 0.15) is 42.3 Å². The number of alkyl halides is 2. The molecular formula is C29H27F5N2O2. The number of fused-ring (bicyclic) bond motifs is 1. The SMILES string of the molecule is CCCCOc1cnc(CCc2ccc3c(F)c(CCc4cc(F)c(OC(F)F)c(F)c4)ccc3c2)nc1. The Kier molecular flexibility index (Phi) is 9.10. The molecule has 1 aromatic heterocycles. The Morgan fingerprint density at radius 3 is 2.21 bits per heavy atom. The van der Waals surface area contributed by atoms with Crippen molar-refractivity contribution in [3.05, 3.63) is 94.8 Å². The first-order valence-corrected chi connectivity index (χ1v) is 12.4. The van der Waals surface area contributed by atoms with Gasteiger partial charge in [-0.25, -0.2) is 23.1 Å². The summed E-state index contributed by atoms with van der Waals surface area (Å²) in [7, 11) is 0. The van der Waals surface area contributed by atoms with Gasteiger partial charge in [-0.1, -0.05) is 43.7 Å². The van der Waals surface area contributed by atoms with E-state index in [2.05, 4.69) is 21.6 Å². The molecule has 4 nitrogen and oxygen atoms in total. The van der Waals surface area contributed by atoms with Crippen LogP contribution in [0.25, 0.3) is 10.8 Å². The summed E-state index contributed by atoms with van der Waals surface area (Å²) < 4.78 is 77.2. The van der Waals surface area contributed by atoms with E-state index in [1.165, 1.54) is 0 Å². The lowest BCUT2D eigenvalue weighted by Gasteiger charge is -2.11. The van der Waals surface area contributed by atoms with Crippen molar-refractivity contribution in [3.63, 3.8) is 0 Å². The van der Waals surface area contributed by atoms with Crippen molar-refractivity contribution in [2.45, 2.75) is 52.1 Å². The van der Waals surface area contributed by atoms with Gasteiger partial charge in [-0.05, 0) is 59.9 Å². The van der Waals surface area contributed by atoms with E-state index in [1.54, 1.807) is 30.6 Å². The van der Waals surface area contributed by atoms with Crippen LogP contribution in [0, 0.1) is 17.5 Å². The van der Waals surface area contributed by atoms with Crippen LogP contribution in [0.2, 0.25) is 0 Å². The third-order valence-electron chi connectivity index (χ3n) is 6.13. The monoisotopic (exact) mass is 530 g/mol. The second-order valence-corrected chi connectivity index (χ2v) is 8.90. The van der Waals surface area contributed by atoms with Gasteiger partial charge in [0.15, 0.2) is 23.1 Å². The molecule has 38 heavy (non-hydrogen) atoms. The van der Waals surface area contributed by atoms with E-state index in [9.17, 15) is 17.6 Å². The van der Waals surface area contributed by atoms with Crippen LogP contribution in [0.3, 0.4) is 0 Å². The minimum atomic E-state index is -3.34. The lowest BCUT2D eigenvalue weighted by Crippen LogP contribution is -2.06. The van der Waals surface area contributed by atoms with E-state index >= 15 is 4.39 Å². The summed E-state index contributed by atoms with van der Waals surface area (Å²) in [4.78, 5) is 8.70. The van der Waals surface area contributed by atoms with Crippen molar-refractivity contribution >= 4 is 10.8 Å². The molecule has 0 N–H and O–H groups in total. The van der Waals surface area contributed by atoms with Crippen molar-refractivity contribution in [2.24, 2.45) is 0 Å². The summed E-state index contributed by atoms with van der Waals surface area (Å²) in [6.45, 7) is -0.610. The summed E-state index contributed by atoms with van der Waals surface area (Å²) in [5.74, 6) is -2.66. The summed E-state index contributed by atoms with van der Waals surface area (Å²) >= 11 is 0. The van der Waals surface area contributed by atoms with Gasteiger partial charge in [0.1, 0.15) is 11.6 Å². The number of unbranched alkanes of at least 4 members (excludes halogenated alkanes) is 1. The number of aryl methyl sites for hydroxylation is 4. The van der Waals surface area contributed by atoms with Crippen molar-refractivity contribution in [1.82, 2.24) is 9.97 Å². The highest BCUT2D eigenvalue weighted by atomic mass is 19.3. The van der Waals surface area contributed by atoms with Crippen molar-refractivity contribution in [2.75, 3.05) is 6.61 Å². The fourth-order valence-electron chi connectivity index (χ4n) is 4.11. The third kappa shape index (κ3) is 6.96. The van der Waals surface area contributed by atoms with Crippen LogP contribution in [-0.4, -0.2) is 23.2 Å². The van der Waals surface area contributed by atoms with E-state index in [4.69, 9.17) is 4.74 Å². The number of aromatic nitrogens is 2. The van der Waals surface area contributed by atoms with Gasteiger partial charge in [-0.3, -0.25) is 0 Å². The molecule has 0 unspecified atom stereocenters. The Hall–Kier alpha value is -3.75. The molecule has 9 heteroatoms. The lowest BCUT2D eigenvalue weighted by molar-refractivity contribution is -0.0546. The molecule has 4 aromatic rings. The fraction of sp³-hybridized carbons (Fsp3) is 0.310. The van der Waals surface area contributed by atoms with Crippen molar-refractivity contribution in [3.8, 4) is 11.5 Å². The van der Waals surface area contributed by atoms with Crippen molar-refractivity contribution < 1.29 is 31.4 Å². The zero-order valence-corrected chi connectivity index (χ0v) is 20.8. The van der Waals surface area contributed by atoms with E-state index in [-0.39, 0.29) is 18.4 Å². The van der Waals surface area contributed by atoms with Crippen LogP contribution in [0.4, 0.5) is 22.0 Å². The zero-order chi connectivity index (χ0) is 27.1. The van der Waals surface area contributed by atoms with Gasteiger partial charge in [0, 0.05) is 11.8 Å². The van der Waals surface area contributed by atoms with Crippen LogP contribution < -0.4 is 9.47 Å². The number of halogens is 5. The molecule has 0 amide bonds. The predicted molar refractivity (Wildman–Crippen MR) is 134 cm³/mol. The lowest BCUT2D eigenvalue weighted by atomic mass is 9.98. The molecule has 0 spiro atoms. The standard InChI is InChI=1S/C29H27F5N2O2/c1-2-3-12-37-22-16-35-26(36-17-22)11-6-18-5-10-23-21(13-18)9-8-20(27(23)32)7-4-19-14-24(30)28(25(31)15-19)38-29(33)34/h5,8-10,13-17,29H,2-4,6-7,11-12H2,1H3. The maximum Gasteiger partial charge on any atom is 0.387 e. The van der Waals surface area contributed by atoms with Crippen molar-refractivity contribution in [1.29, 1.82) is 0 Å². The van der Waals surface area contributed by atoms with Crippen LogP contribution in [0.5, 0.6) is 11.5 Å². The average molecular weight is 531 g/mol. The maximum atomic E-state index is 15.2. The van der Waals surface area contributed by atoms with Gasteiger partial charge < -0.3 is 9.47 Å². The van der Waals surface area contributed by atoms with E-state index in [0.29, 0.717) is 42.0 Å². The maximum absolute atomic E-state index is 15.2. The molecule has 0 aliphatic carbocycles. The summed E-state index contributed by atoms with van der Waals surface area (Å²) in [5.41, 5.74) is 1.60. The smallest absolute Gasteiger partial charge is 0.387 e. The second-order valence-electron chi connectivity index (χ2n) is 8.90. The molecule has 0 saturated heterocycles. The Morgan fingerprint density at radius 1 is 0.816 bits per heavy atom. The largest absolute Gasteiger partial charge is 0.490 e. The molecular weight excluding hydrogens is 503 g/mol. The Bertz CT molecular complexity index is 1360. The summed E-state index contributed by atoms with van der Waals surface area (Å²) in [6, 6.07) is 10.8. The highest BCUT2D eigenvalue weighted by Gasteiger charge is 2.17. The fourth-order valence-corrected chi connectivity index (χ4v) is 4.11. The molecule has 0 aliphatic heterocycles. The molecule has 0 radical (unpaired) electrons. The quantitative estimate of drug-likeness (QED) is 0.141. The molecule has 3 aromatic carbocycles. The van der Waals surface area contributed by atoms with Gasteiger partial charge in [0.2, 0.25) is 0 Å². The summed E-state index contributed by atoms with van der Waals surface area (Å²) in [5, 5.41) is 1.17. The molecule has 1 heterocycles. The minimum Gasteiger partial charge on any atom is -0.490 e. The number of benzene rings is 3. The second kappa shape index (κ2) is 12.7. The average Bonchev–Trinajstić information content (AvgIpc) is 2.90. The van der Waals surface area contributed by atoms with E-state index < -0.39 is 29.8 Å². The Balaban J connectivity index is 1.39. The molecule has 0 atom stereocenters. The Morgan fingerprint density at radius 2 is 1.53 bits per heavy atom. The van der Waals surface area contributed by atoms with Crippen LogP contribution in [0.15, 0.2) is 54.9 Å². The van der Waals surface area contributed by atoms with Gasteiger partial charge in [0.25, 0.3) is 0 Å². The molecule has 0 saturated carbocycles. The number of ether oxygens (including phenoxy) is 2. The molecule has 0 aliphatic rings. The highest BCUT2D eigenvalue weighted by Crippen LogP contribution is 2.27. The van der Waals surface area contributed by atoms with Gasteiger partial charge in [-0.15, -0.1) is 0 Å². The first-order chi connectivity index (χ1) is 18.3. The third-order valence-corrected chi connectivity index (χ3v) is 6.13. The molecule has 0 fully saturated rings. The van der Waals surface area contributed by atoms with Gasteiger partial charge in [0.05, 0.1) is 19.0 Å². The first kappa shape index (κ1) is 27.3. The minimum absolute atomic E-state index is 0.117.